The summed E-state index contributed by atoms with van der Waals surface area (Å²) in [6.07, 6.45) is 0.423. The Morgan fingerprint density at radius 2 is 1.59 bits per heavy atom. The maximum Gasteiger partial charge on any atom is 0.303 e. The third-order valence-corrected chi connectivity index (χ3v) is 3.41. The van der Waals surface area contributed by atoms with Gasteiger partial charge in [-0.3, -0.25) is 14.4 Å². The van der Waals surface area contributed by atoms with E-state index in [0.29, 0.717) is 30.6 Å². The number of carbonyl (C=O) groups excluding carboxylic acids is 2. The van der Waals surface area contributed by atoms with Crippen LogP contribution in [0, 0.1) is 0 Å². The van der Waals surface area contributed by atoms with Crippen LogP contribution in [0.15, 0.2) is 24.3 Å². The van der Waals surface area contributed by atoms with E-state index in [9.17, 15) is 14.4 Å². The highest BCUT2D eigenvalue weighted by Crippen LogP contribution is 2.10. The number of aliphatic carboxylic acids is 1. The molecule has 6 heteroatoms. The summed E-state index contributed by atoms with van der Waals surface area (Å²) in [5.41, 5.74) is 0.891. The van der Waals surface area contributed by atoms with Gasteiger partial charge in [0.05, 0.1) is 0 Å². The Hall–Kier alpha value is -2.37. The highest BCUT2D eigenvalue weighted by Gasteiger charge is 2.15. The molecule has 6 nitrogen and oxygen atoms in total. The molecule has 1 aromatic rings. The van der Waals surface area contributed by atoms with E-state index in [-0.39, 0.29) is 18.2 Å². The first-order valence-electron chi connectivity index (χ1n) is 7.19. The average molecular weight is 306 g/mol. The molecule has 1 N–H and O–H groups in total. The molecule has 0 bridgehead atoms. The second-order valence-corrected chi connectivity index (χ2v) is 5.12. The maximum absolute atomic E-state index is 12.3. The summed E-state index contributed by atoms with van der Waals surface area (Å²) >= 11 is 0. The van der Waals surface area contributed by atoms with Crippen LogP contribution in [0.4, 0.5) is 0 Å². The van der Waals surface area contributed by atoms with Gasteiger partial charge in [-0.15, -0.1) is 0 Å². The fourth-order valence-corrected chi connectivity index (χ4v) is 1.94. The van der Waals surface area contributed by atoms with Crippen LogP contribution >= 0.6 is 0 Å². The molecule has 0 saturated carbocycles. The first-order valence-corrected chi connectivity index (χ1v) is 7.19. The third-order valence-electron chi connectivity index (χ3n) is 3.41. The van der Waals surface area contributed by atoms with Crippen molar-refractivity contribution in [2.75, 3.05) is 27.2 Å². The third kappa shape index (κ3) is 4.87. The van der Waals surface area contributed by atoms with Gasteiger partial charge in [0.2, 0.25) is 0 Å². The van der Waals surface area contributed by atoms with Gasteiger partial charge in [-0.2, -0.15) is 0 Å². The Morgan fingerprint density at radius 1 is 1.05 bits per heavy atom. The first-order chi connectivity index (χ1) is 10.4. The van der Waals surface area contributed by atoms with Crippen molar-refractivity contribution in [1.29, 1.82) is 0 Å². The minimum absolute atomic E-state index is 0.0252. The van der Waals surface area contributed by atoms with Gasteiger partial charge >= 0.3 is 5.97 Å². The zero-order valence-electron chi connectivity index (χ0n) is 13.2. The maximum atomic E-state index is 12.3. The average Bonchev–Trinajstić information content (AvgIpc) is 2.52. The number of carboxylic acid groups (broad SMARTS) is 1. The van der Waals surface area contributed by atoms with E-state index in [1.165, 1.54) is 4.90 Å². The summed E-state index contributed by atoms with van der Waals surface area (Å²) in [6.45, 7) is 2.83. The highest BCUT2D eigenvalue weighted by molar-refractivity contribution is 5.99. The van der Waals surface area contributed by atoms with E-state index in [1.54, 1.807) is 43.3 Å². The van der Waals surface area contributed by atoms with Crippen LogP contribution in [-0.2, 0) is 4.79 Å². The first kappa shape index (κ1) is 17.7. The monoisotopic (exact) mass is 306 g/mol. The summed E-state index contributed by atoms with van der Waals surface area (Å²) < 4.78 is 0. The lowest BCUT2D eigenvalue weighted by atomic mass is 10.1. The molecular weight excluding hydrogens is 284 g/mol. The molecule has 2 amide bonds. The van der Waals surface area contributed by atoms with Gasteiger partial charge in [-0.1, -0.05) is 6.07 Å². The molecule has 0 unspecified atom stereocenters. The van der Waals surface area contributed by atoms with Gasteiger partial charge in [-0.25, -0.2) is 0 Å². The Bertz CT molecular complexity index is 557. The number of benzene rings is 1. The zero-order valence-corrected chi connectivity index (χ0v) is 13.2. The Balaban J connectivity index is 2.77. The second-order valence-electron chi connectivity index (χ2n) is 5.12. The van der Waals surface area contributed by atoms with Crippen molar-refractivity contribution in [3.63, 3.8) is 0 Å². The molecule has 0 heterocycles. The zero-order chi connectivity index (χ0) is 16.7. The molecular formula is C16H22N2O4. The van der Waals surface area contributed by atoms with E-state index in [2.05, 4.69) is 0 Å². The standard InChI is InChI=1S/C16H22N2O4/c1-4-17(2)15(21)12-7-5-8-13(11-12)16(22)18(3)10-6-9-14(19)20/h5,7-8,11H,4,6,9-10H2,1-3H3,(H,19,20). The SMILES string of the molecule is CCN(C)C(=O)c1cccc(C(=O)N(C)CCCC(=O)O)c1. The fourth-order valence-electron chi connectivity index (χ4n) is 1.94. The van der Waals surface area contributed by atoms with E-state index in [4.69, 9.17) is 5.11 Å². The topological polar surface area (TPSA) is 77.9 Å². The molecule has 0 aliphatic rings. The van der Waals surface area contributed by atoms with Crippen molar-refractivity contribution in [3.05, 3.63) is 35.4 Å². The quantitative estimate of drug-likeness (QED) is 0.832. The minimum Gasteiger partial charge on any atom is -0.481 e. The molecule has 0 aliphatic heterocycles. The van der Waals surface area contributed by atoms with Crippen LogP contribution in [-0.4, -0.2) is 59.9 Å². The molecule has 0 fully saturated rings. The lowest BCUT2D eigenvalue weighted by Gasteiger charge is -2.18. The lowest BCUT2D eigenvalue weighted by Crippen LogP contribution is -2.29. The van der Waals surface area contributed by atoms with Crippen LogP contribution in [0.25, 0.3) is 0 Å². The summed E-state index contributed by atoms with van der Waals surface area (Å²) in [7, 11) is 3.33. The van der Waals surface area contributed by atoms with Crippen molar-refractivity contribution in [1.82, 2.24) is 9.80 Å². The van der Waals surface area contributed by atoms with Crippen molar-refractivity contribution in [2.24, 2.45) is 0 Å². The Kier molecular flexibility index (Phi) is 6.56. The Labute approximate surface area is 130 Å². The number of rotatable bonds is 7. The van der Waals surface area contributed by atoms with E-state index in [1.807, 2.05) is 6.92 Å². The van der Waals surface area contributed by atoms with Crippen LogP contribution in [0.5, 0.6) is 0 Å². The minimum atomic E-state index is -0.879. The van der Waals surface area contributed by atoms with E-state index < -0.39 is 5.97 Å². The number of hydrogen-bond acceptors (Lipinski definition) is 3. The number of carboxylic acids is 1. The van der Waals surface area contributed by atoms with Crippen molar-refractivity contribution >= 4 is 17.8 Å². The summed E-state index contributed by atoms with van der Waals surface area (Å²) in [5, 5.41) is 8.61. The van der Waals surface area contributed by atoms with E-state index in [0.717, 1.165) is 0 Å². The molecule has 120 valence electrons. The summed E-state index contributed by atoms with van der Waals surface area (Å²) in [6, 6.07) is 6.58. The molecule has 1 aromatic carbocycles. The highest BCUT2D eigenvalue weighted by atomic mass is 16.4. The van der Waals surface area contributed by atoms with Gasteiger partial charge in [-0.05, 0) is 31.5 Å². The predicted octanol–water partition coefficient (Wildman–Crippen LogP) is 1.72. The number of amides is 2. The molecule has 0 spiro atoms. The molecule has 0 saturated heterocycles. The normalized spacial score (nSPS) is 10.1. The molecule has 1 rings (SSSR count). The van der Waals surface area contributed by atoms with Crippen LogP contribution in [0.1, 0.15) is 40.5 Å². The molecule has 22 heavy (non-hydrogen) atoms. The van der Waals surface area contributed by atoms with E-state index >= 15 is 0 Å². The number of nitrogens with zero attached hydrogens (tertiary/aromatic N) is 2. The van der Waals surface area contributed by atoms with Gasteiger partial charge in [0, 0.05) is 44.7 Å². The van der Waals surface area contributed by atoms with Gasteiger partial charge < -0.3 is 14.9 Å². The van der Waals surface area contributed by atoms with Crippen molar-refractivity contribution in [3.8, 4) is 0 Å². The van der Waals surface area contributed by atoms with Gasteiger partial charge in [0.15, 0.2) is 0 Å². The van der Waals surface area contributed by atoms with Gasteiger partial charge in [0.25, 0.3) is 11.8 Å². The molecule has 0 atom stereocenters. The van der Waals surface area contributed by atoms with Crippen LogP contribution in [0.2, 0.25) is 0 Å². The molecule has 0 radical (unpaired) electrons. The van der Waals surface area contributed by atoms with Crippen molar-refractivity contribution in [2.45, 2.75) is 19.8 Å². The summed E-state index contributed by atoms with van der Waals surface area (Å²) in [5.74, 6) is -1.24. The molecule has 0 aromatic heterocycles. The van der Waals surface area contributed by atoms with Crippen LogP contribution < -0.4 is 0 Å². The van der Waals surface area contributed by atoms with Gasteiger partial charge in [0.1, 0.15) is 0 Å². The fraction of sp³-hybridized carbons (Fsp3) is 0.438. The van der Waals surface area contributed by atoms with Crippen molar-refractivity contribution < 1.29 is 19.5 Å². The number of carbonyl (C=O) groups is 3. The molecule has 0 aliphatic carbocycles. The largest absolute Gasteiger partial charge is 0.481 e. The van der Waals surface area contributed by atoms with Crippen LogP contribution in [0.3, 0.4) is 0 Å². The summed E-state index contributed by atoms with van der Waals surface area (Å²) in [4.78, 5) is 37.9. The second kappa shape index (κ2) is 8.17. The lowest BCUT2D eigenvalue weighted by molar-refractivity contribution is -0.137. The smallest absolute Gasteiger partial charge is 0.303 e. The Morgan fingerprint density at radius 3 is 2.09 bits per heavy atom. The predicted molar refractivity (Wildman–Crippen MR) is 82.9 cm³/mol. The number of hydrogen-bond donors (Lipinski definition) is 1.